The molecule has 0 spiro atoms. The number of ether oxygens (including phenoxy) is 2. The Bertz CT molecular complexity index is 1830. The molecule has 0 saturated carbocycles. The lowest BCUT2D eigenvalue weighted by Crippen LogP contribution is -2.31. The van der Waals surface area contributed by atoms with Crippen molar-refractivity contribution in [2.45, 2.75) is 26.1 Å². The van der Waals surface area contributed by atoms with Crippen LogP contribution in [0.5, 0.6) is 5.75 Å². The van der Waals surface area contributed by atoms with Crippen molar-refractivity contribution >= 4 is 51.8 Å². The van der Waals surface area contributed by atoms with Crippen LogP contribution in [0.2, 0.25) is 5.02 Å². The predicted octanol–water partition coefficient (Wildman–Crippen LogP) is 7.54. The third-order valence-electron chi connectivity index (χ3n) is 6.40. The Labute approximate surface area is 271 Å². The number of urea groups is 1. The number of amides is 3. The first kappa shape index (κ1) is 33.7. The van der Waals surface area contributed by atoms with Gasteiger partial charge >= 0.3 is 18.6 Å². The van der Waals surface area contributed by atoms with Crippen LogP contribution in [0, 0.1) is 6.92 Å². The average molecular weight is 699 g/mol. The Morgan fingerprint density at radius 2 is 1.83 bits per heavy atom. The molecule has 0 radical (unpaired) electrons. The second kappa shape index (κ2) is 13.6. The number of aromatic nitrogens is 3. The molecule has 1 aromatic heterocycles. The first-order valence-corrected chi connectivity index (χ1v) is 14.7. The highest BCUT2D eigenvalue weighted by Crippen LogP contribution is 2.33. The number of carbonyl (C=O) groups excluding carboxylic acids is 2. The largest absolute Gasteiger partial charge is 0.573 e. The van der Waals surface area contributed by atoms with Gasteiger partial charge in [0.25, 0.3) is 0 Å². The Balaban J connectivity index is 1.29. The summed E-state index contributed by atoms with van der Waals surface area (Å²) in [5.41, 5.74) is 2.20. The van der Waals surface area contributed by atoms with E-state index in [2.05, 4.69) is 25.1 Å². The summed E-state index contributed by atoms with van der Waals surface area (Å²) in [6.07, 6.45) is -7.99. The van der Waals surface area contributed by atoms with Gasteiger partial charge in [-0.1, -0.05) is 35.5 Å². The van der Waals surface area contributed by atoms with E-state index in [1.165, 1.54) is 41.3 Å². The smallest absolute Gasteiger partial charge is 0.406 e. The normalized spacial score (nSPS) is 14.6. The predicted molar refractivity (Wildman–Crippen MR) is 162 cm³/mol. The molecular weight excluding hydrogens is 678 g/mol. The minimum atomic E-state index is -4.82. The molecule has 246 valence electrons. The molecule has 0 aliphatic carbocycles. The summed E-state index contributed by atoms with van der Waals surface area (Å²) >= 11 is 7.38. The van der Waals surface area contributed by atoms with Gasteiger partial charge in [-0.3, -0.25) is 9.69 Å². The summed E-state index contributed by atoms with van der Waals surface area (Å²) in [6, 6.07) is 13.4. The van der Waals surface area contributed by atoms with E-state index < -0.39 is 43.4 Å². The zero-order chi connectivity index (χ0) is 33.9. The number of alkyl halides is 6. The number of anilines is 2. The number of aryl methyl sites for hydroxylation is 1. The Kier molecular flexibility index (Phi) is 9.78. The first-order chi connectivity index (χ1) is 22.2. The molecule has 10 nitrogen and oxygen atoms in total. The summed E-state index contributed by atoms with van der Waals surface area (Å²) in [6.45, 7) is -0.233. The molecule has 0 atom stereocenters. The molecule has 1 N–H and O–H groups in total. The van der Waals surface area contributed by atoms with Crippen LogP contribution in [-0.4, -0.2) is 56.8 Å². The fraction of sp³-hybridized carbons (Fsp3) is 0.207. The number of carbonyl (C=O) groups is 2. The zero-order valence-corrected chi connectivity index (χ0v) is 25.5. The number of hydrogen-bond acceptors (Lipinski definition) is 7. The number of halogens is 7. The second-order valence-electron chi connectivity index (χ2n) is 9.77. The van der Waals surface area contributed by atoms with Crippen molar-refractivity contribution in [2.75, 3.05) is 22.6 Å². The maximum absolute atomic E-state index is 12.9. The standard InChI is InChI=1S/C29H21ClF6N6O4S/c1-16-3-2-4-23(20(16)12-45-14-28(31,32)33)42-24(43)13-47-27(42)39-26(44)38-22-10-7-18(11-21(22)30)41-15-37-25(40-41)17-5-8-19(9-6-17)46-29(34,35)36/h2-11,15H,12-14H2,1H3,(H,38,44). The number of rotatable bonds is 8. The number of hydrogen-bond donors (Lipinski definition) is 1. The topological polar surface area (TPSA) is 111 Å². The van der Waals surface area contributed by atoms with Crippen LogP contribution < -0.4 is 15.0 Å². The number of nitrogens with one attached hydrogen (secondary N) is 1. The highest BCUT2D eigenvalue weighted by molar-refractivity contribution is 8.15. The molecule has 4 aromatic rings. The highest BCUT2D eigenvalue weighted by Gasteiger charge is 2.33. The van der Waals surface area contributed by atoms with Crippen LogP contribution in [0.1, 0.15) is 11.1 Å². The molecule has 0 bridgehead atoms. The molecule has 1 fully saturated rings. The van der Waals surface area contributed by atoms with Crippen molar-refractivity contribution in [3.63, 3.8) is 0 Å². The van der Waals surface area contributed by atoms with Gasteiger partial charge in [-0.15, -0.1) is 18.3 Å². The summed E-state index contributed by atoms with van der Waals surface area (Å²) in [5.74, 6) is -0.659. The molecule has 0 unspecified atom stereocenters. The average Bonchev–Trinajstić information content (AvgIpc) is 3.61. The van der Waals surface area contributed by atoms with E-state index in [1.54, 1.807) is 25.1 Å². The molecule has 3 amide bonds. The number of aliphatic imine (C=N–C) groups is 1. The maximum atomic E-state index is 12.9. The number of amidine groups is 1. The maximum Gasteiger partial charge on any atom is 0.573 e. The lowest BCUT2D eigenvalue weighted by atomic mass is 10.1. The van der Waals surface area contributed by atoms with Crippen LogP contribution in [0.25, 0.3) is 17.1 Å². The van der Waals surface area contributed by atoms with Crippen molar-refractivity contribution in [3.8, 4) is 22.8 Å². The van der Waals surface area contributed by atoms with Gasteiger partial charge in [-0.2, -0.15) is 18.2 Å². The van der Waals surface area contributed by atoms with Crippen molar-refractivity contribution in [1.82, 2.24) is 14.8 Å². The van der Waals surface area contributed by atoms with Crippen molar-refractivity contribution in [3.05, 3.63) is 83.1 Å². The minimum absolute atomic E-state index is 0.0102. The molecule has 5 rings (SSSR count). The van der Waals surface area contributed by atoms with Crippen LogP contribution in [0.4, 0.5) is 42.5 Å². The Morgan fingerprint density at radius 1 is 1.09 bits per heavy atom. The van der Waals surface area contributed by atoms with E-state index in [0.717, 1.165) is 28.8 Å². The van der Waals surface area contributed by atoms with Gasteiger partial charge in [0.05, 0.1) is 34.4 Å². The van der Waals surface area contributed by atoms with Gasteiger partial charge in [-0.25, -0.2) is 14.5 Å². The van der Waals surface area contributed by atoms with Crippen molar-refractivity contribution < 1.29 is 45.4 Å². The van der Waals surface area contributed by atoms with Gasteiger partial charge in [0.2, 0.25) is 5.91 Å². The molecule has 3 aromatic carbocycles. The van der Waals surface area contributed by atoms with E-state index in [9.17, 15) is 35.9 Å². The molecule has 18 heteroatoms. The van der Waals surface area contributed by atoms with Gasteiger partial charge < -0.3 is 14.8 Å². The quantitative estimate of drug-likeness (QED) is 0.189. The SMILES string of the molecule is Cc1cccc(N2C(=O)CSC2=NC(=O)Nc2ccc(-n3cnc(-c4ccc(OC(F)(F)F)cc4)n3)cc2Cl)c1COCC(F)(F)F. The van der Waals surface area contributed by atoms with E-state index in [-0.39, 0.29) is 33.1 Å². The fourth-order valence-corrected chi connectivity index (χ4v) is 5.42. The molecular formula is C29H21ClF6N6O4S. The molecule has 47 heavy (non-hydrogen) atoms. The number of thioether (sulfide) groups is 1. The fourth-order valence-electron chi connectivity index (χ4n) is 4.34. The summed E-state index contributed by atoms with van der Waals surface area (Å²) in [5, 5.41) is 6.95. The van der Waals surface area contributed by atoms with Gasteiger partial charge in [0.15, 0.2) is 11.0 Å². The molecule has 1 saturated heterocycles. The number of benzene rings is 3. The lowest BCUT2D eigenvalue weighted by molar-refractivity contribution is -0.274. The third-order valence-corrected chi connectivity index (χ3v) is 7.63. The molecule has 1 aliphatic heterocycles. The zero-order valence-electron chi connectivity index (χ0n) is 23.9. The monoisotopic (exact) mass is 698 g/mol. The van der Waals surface area contributed by atoms with E-state index in [0.29, 0.717) is 22.4 Å². The lowest BCUT2D eigenvalue weighted by Gasteiger charge is -2.21. The van der Waals surface area contributed by atoms with Gasteiger partial charge in [-0.05, 0) is 61.0 Å². The Morgan fingerprint density at radius 3 is 2.51 bits per heavy atom. The van der Waals surface area contributed by atoms with Crippen LogP contribution in [0.3, 0.4) is 0 Å². The third kappa shape index (κ3) is 8.60. The van der Waals surface area contributed by atoms with Crippen LogP contribution >= 0.6 is 23.4 Å². The Hall–Kier alpha value is -4.61. The van der Waals surface area contributed by atoms with Crippen LogP contribution in [0.15, 0.2) is 72.0 Å². The second-order valence-corrected chi connectivity index (χ2v) is 11.1. The van der Waals surface area contributed by atoms with E-state index in [4.69, 9.17) is 16.3 Å². The minimum Gasteiger partial charge on any atom is -0.406 e. The summed E-state index contributed by atoms with van der Waals surface area (Å²) in [7, 11) is 0. The van der Waals surface area contributed by atoms with Crippen molar-refractivity contribution in [2.24, 2.45) is 4.99 Å². The van der Waals surface area contributed by atoms with Gasteiger partial charge in [0.1, 0.15) is 18.7 Å². The first-order valence-electron chi connectivity index (χ1n) is 13.3. The van der Waals surface area contributed by atoms with E-state index >= 15 is 0 Å². The van der Waals surface area contributed by atoms with Crippen molar-refractivity contribution in [1.29, 1.82) is 0 Å². The summed E-state index contributed by atoms with van der Waals surface area (Å²) in [4.78, 5) is 35.0. The van der Waals surface area contributed by atoms with Gasteiger partial charge in [0, 0.05) is 11.1 Å². The highest BCUT2D eigenvalue weighted by atomic mass is 35.5. The number of nitrogens with zero attached hydrogens (tertiary/aromatic N) is 5. The summed E-state index contributed by atoms with van der Waals surface area (Å²) < 4.78 is 85.3. The van der Waals surface area contributed by atoms with Crippen LogP contribution in [-0.2, 0) is 16.1 Å². The molecule has 1 aliphatic rings. The molecule has 2 heterocycles. The van der Waals surface area contributed by atoms with E-state index in [1.807, 2.05) is 0 Å².